The molecule has 2 aromatic heterocycles. The quantitative estimate of drug-likeness (QED) is 0.0728. The molecule has 0 aliphatic carbocycles. The number of nitrogens with two attached hydrogens (primary N) is 1. The number of nitrogen functional groups attached to an aromatic ring is 1. The second-order valence-corrected chi connectivity index (χ2v) is 12.9. The normalized spacial score (nSPS) is 21.7. The lowest BCUT2D eigenvalue weighted by molar-refractivity contribution is -0.182. The number of imidazole rings is 1. The van der Waals surface area contributed by atoms with Gasteiger partial charge in [-0.05, 0) is 70.8 Å². The van der Waals surface area contributed by atoms with Gasteiger partial charge in [0.2, 0.25) is 10.9 Å². The van der Waals surface area contributed by atoms with E-state index in [0.717, 1.165) is 0 Å². The molecule has 1 aromatic carbocycles. The fourth-order valence-corrected chi connectivity index (χ4v) is 5.49. The Morgan fingerprint density at radius 3 is 2.41 bits per heavy atom. The summed E-state index contributed by atoms with van der Waals surface area (Å²) < 4.78 is 30.4. The van der Waals surface area contributed by atoms with Crippen LogP contribution >= 0.6 is 11.6 Å². The maximum absolute atomic E-state index is 13.4. The van der Waals surface area contributed by atoms with E-state index >= 15 is 0 Å². The van der Waals surface area contributed by atoms with Gasteiger partial charge in [-0.1, -0.05) is 18.1 Å². The Balaban J connectivity index is 1.74. The van der Waals surface area contributed by atoms with Gasteiger partial charge in [-0.25, -0.2) is 14.6 Å². The van der Waals surface area contributed by atoms with E-state index in [1.165, 1.54) is 24.7 Å². The van der Waals surface area contributed by atoms with E-state index in [9.17, 15) is 19.2 Å². The van der Waals surface area contributed by atoms with E-state index in [1.54, 1.807) is 58.9 Å². The minimum Gasteiger partial charge on any atom is -0.463 e. The van der Waals surface area contributed by atoms with Crippen LogP contribution in [0.5, 0.6) is 0 Å². The molecule has 0 radical (unpaired) electrons. The number of rotatable bonds is 11. The van der Waals surface area contributed by atoms with Crippen LogP contribution in [0.3, 0.4) is 0 Å². The SMILES string of the molecule is C#C[C@@]1(C)[C@@H](COC(Cc2ccc(N)cc2)(C(C)=O)C(=O)OCC)O[C@@H](n2cnc3c(NC(=O)OC(C)(C)C)nc(Cl)nc32)[C@@H]1OC(C)=O. The van der Waals surface area contributed by atoms with Crippen molar-refractivity contribution < 1.29 is 42.9 Å². The molecule has 1 amide bonds. The summed E-state index contributed by atoms with van der Waals surface area (Å²) in [7, 11) is 0. The Morgan fingerprint density at radius 2 is 1.84 bits per heavy atom. The van der Waals surface area contributed by atoms with Gasteiger partial charge in [-0.3, -0.25) is 19.5 Å². The molecule has 3 N–H and O–H groups in total. The highest BCUT2D eigenvalue weighted by molar-refractivity contribution is 6.28. The molecule has 1 aliphatic heterocycles. The van der Waals surface area contributed by atoms with Gasteiger partial charge in [0.05, 0.1) is 25.0 Å². The van der Waals surface area contributed by atoms with Crippen LogP contribution in [0.15, 0.2) is 30.6 Å². The van der Waals surface area contributed by atoms with Gasteiger partial charge in [-0.2, -0.15) is 9.97 Å². The lowest BCUT2D eigenvalue weighted by Crippen LogP contribution is -2.53. The topological polar surface area (TPSA) is 196 Å². The number of benzene rings is 1. The van der Waals surface area contributed by atoms with E-state index in [0.29, 0.717) is 11.3 Å². The zero-order valence-electron chi connectivity index (χ0n) is 28.2. The van der Waals surface area contributed by atoms with Gasteiger partial charge in [-0.15, -0.1) is 6.42 Å². The first-order valence-corrected chi connectivity index (χ1v) is 15.7. The number of hydrogen-bond acceptors (Lipinski definition) is 13. The zero-order valence-corrected chi connectivity index (χ0v) is 29.0. The Kier molecular flexibility index (Phi) is 10.9. The van der Waals surface area contributed by atoms with E-state index < -0.39 is 65.5 Å². The van der Waals surface area contributed by atoms with Crippen molar-refractivity contribution in [2.24, 2.45) is 5.41 Å². The average molecular weight is 699 g/mol. The highest BCUT2D eigenvalue weighted by atomic mass is 35.5. The second kappa shape index (κ2) is 14.4. The molecular formula is C33H39ClN6O9. The number of esters is 2. The van der Waals surface area contributed by atoms with Crippen molar-refractivity contribution in [3.63, 3.8) is 0 Å². The predicted octanol–water partition coefficient (Wildman–Crippen LogP) is 4.03. The lowest BCUT2D eigenvalue weighted by Gasteiger charge is -2.33. The Hall–Kier alpha value is -4.78. The molecule has 1 unspecified atom stereocenters. The van der Waals surface area contributed by atoms with Crippen LogP contribution in [0.4, 0.5) is 16.3 Å². The molecule has 0 spiro atoms. The number of halogens is 1. The highest BCUT2D eigenvalue weighted by Gasteiger charge is 2.58. The van der Waals surface area contributed by atoms with Gasteiger partial charge in [0, 0.05) is 19.0 Å². The first-order valence-electron chi connectivity index (χ1n) is 15.3. The highest BCUT2D eigenvalue weighted by Crippen LogP contribution is 2.47. The fraction of sp³-hybridized carbons (Fsp3) is 0.485. The largest absolute Gasteiger partial charge is 0.463 e. The molecule has 4 rings (SSSR count). The number of ketones is 1. The Bertz CT molecular complexity index is 1780. The minimum absolute atomic E-state index is 0.0134. The van der Waals surface area contributed by atoms with E-state index in [-0.39, 0.29) is 35.3 Å². The van der Waals surface area contributed by atoms with Crippen LogP contribution in [0, 0.1) is 17.8 Å². The molecule has 3 aromatic rings. The first kappa shape index (κ1) is 37.0. The molecule has 1 aliphatic rings. The number of amides is 1. The van der Waals surface area contributed by atoms with Gasteiger partial charge >= 0.3 is 18.0 Å². The Labute approximate surface area is 288 Å². The number of carbonyl (C=O) groups excluding carboxylic acids is 4. The summed E-state index contributed by atoms with van der Waals surface area (Å²) in [5.41, 5.74) is 2.85. The number of anilines is 2. The zero-order chi connectivity index (χ0) is 36.3. The molecule has 5 atom stereocenters. The van der Waals surface area contributed by atoms with Crippen LogP contribution in [-0.4, -0.2) is 80.0 Å². The number of ether oxygens (including phenoxy) is 5. The van der Waals surface area contributed by atoms with Crippen molar-refractivity contribution in [2.75, 3.05) is 24.3 Å². The molecule has 1 fully saturated rings. The summed E-state index contributed by atoms with van der Waals surface area (Å²) in [6.07, 6.45) is 3.02. The number of nitrogens with zero attached hydrogens (tertiary/aromatic N) is 4. The number of hydrogen-bond donors (Lipinski definition) is 2. The molecule has 0 bridgehead atoms. The average Bonchev–Trinajstić information content (AvgIpc) is 3.53. The molecule has 1 saturated heterocycles. The fourth-order valence-electron chi connectivity index (χ4n) is 5.32. The van der Waals surface area contributed by atoms with Crippen molar-refractivity contribution in [3.8, 4) is 12.3 Å². The number of nitrogens with one attached hydrogen (secondary N) is 1. The molecule has 16 heteroatoms. The van der Waals surface area contributed by atoms with Crippen molar-refractivity contribution >= 4 is 58.1 Å². The number of Topliss-reactive ketones (excluding diaryl/α,β-unsaturated/α-hetero) is 1. The van der Waals surface area contributed by atoms with Crippen LogP contribution < -0.4 is 11.1 Å². The monoisotopic (exact) mass is 698 g/mol. The summed E-state index contributed by atoms with van der Waals surface area (Å²) in [5, 5.41) is 2.28. The molecule has 262 valence electrons. The predicted molar refractivity (Wildman–Crippen MR) is 177 cm³/mol. The van der Waals surface area contributed by atoms with Crippen molar-refractivity contribution in [3.05, 3.63) is 41.4 Å². The summed E-state index contributed by atoms with van der Waals surface area (Å²) in [6.45, 7) is 10.3. The lowest BCUT2D eigenvalue weighted by atomic mass is 9.81. The van der Waals surface area contributed by atoms with Crippen molar-refractivity contribution in [2.45, 2.75) is 84.5 Å². The molecule has 49 heavy (non-hydrogen) atoms. The van der Waals surface area contributed by atoms with Crippen LogP contribution in [0.25, 0.3) is 11.2 Å². The standard InChI is InChI=1S/C33H39ClN6O9/c1-9-32(8)22(16-46-33(18(3)41,28(43)45-10-2)15-20-11-13-21(35)14-12-20)48-27(24(32)47-19(4)42)40-17-36-23-25(37-29(34)39-26(23)40)38-30(44)49-31(5,6)7/h1,11-14,17,22,24,27H,10,15-16,35H2,2-8H3,(H,37,38,39,44)/t22-,24+,27-,32+,33?/m1/s1. The third-order valence-corrected chi connectivity index (χ3v) is 7.97. The van der Waals surface area contributed by atoms with Crippen LogP contribution in [0.1, 0.15) is 60.3 Å². The van der Waals surface area contributed by atoms with E-state index in [1.807, 2.05) is 0 Å². The molecule has 0 saturated carbocycles. The second-order valence-electron chi connectivity index (χ2n) is 12.6. The number of aromatic nitrogens is 4. The van der Waals surface area contributed by atoms with Gasteiger partial charge in [0.1, 0.15) is 11.7 Å². The van der Waals surface area contributed by atoms with Crippen molar-refractivity contribution in [1.82, 2.24) is 19.5 Å². The van der Waals surface area contributed by atoms with E-state index in [2.05, 4.69) is 26.2 Å². The summed E-state index contributed by atoms with van der Waals surface area (Å²) in [4.78, 5) is 64.3. The summed E-state index contributed by atoms with van der Waals surface area (Å²) in [6, 6.07) is 6.61. The summed E-state index contributed by atoms with van der Waals surface area (Å²) >= 11 is 6.25. The number of terminal acetylenes is 1. The first-order chi connectivity index (χ1) is 22.9. The molecule has 15 nitrogen and oxygen atoms in total. The van der Waals surface area contributed by atoms with Gasteiger partial charge in [0.15, 0.2) is 35.1 Å². The third kappa shape index (κ3) is 7.93. The third-order valence-electron chi connectivity index (χ3n) is 7.80. The van der Waals surface area contributed by atoms with Gasteiger partial charge < -0.3 is 29.4 Å². The molecule has 3 heterocycles. The molecular weight excluding hydrogens is 660 g/mol. The summed E-state index contributed by atoms with van der Waals surface area (Å²) in [5.74, 6) is 0.437. The Morgan fingerprint density at radius 1 is 1.16 bits per heavy atom. The van der Waals surface area contributed by atoms with Gasteiger partial charge in [0.25, 0.3) is 0 Å². The minimum atomic E-state index is -2.08. The van der Waals surface area contributed by atoms with Crippen molar-refractivity contribution in [1.29, 1.82) is 0 Å². The number of fused-ring (bicyclic) bond motifs is 1. The van der Waals surface area contributed by atoms with Crippen LogP contribution in [-0.2, 0) is 44.5 Å². The van der Waals surface area contributed by atoms with E-state index in [4.69, 9.17) is 47.4 Å². The maximum Gasteiger partial charge on any atom is 0.413 e. The van der Waals surface area contributed by atoms with Crippen LogP contribution in [0.2, 0.25) is 5.28 Å². The maximum atomic E-state index is 13.4. The smallest absolute Gasteiger partial charge is 0.413 e. The number of carbonyl (C=O) groups is 4.